The van der Waals surface area contributed by atoms with E-state index in [4.69, 9.17) is 10.5 Å². The second kappa shape index (κ2) is 4.90. The van der Waals surface area contributed by atoms with Crippen molar-refractivity contribution in [2.24, 2.45) is 5.73 Å². The maximum Gasteiger partial charge on any atom is 0.303 e. The van der Waals surface area contributed by atoms with Gasteiger partial charge in [-0.3, -0.25) is 9.59 Å². The molecular formula is C13H15NO5S. The first-order valence-corrected chi connectivity index (χ1v) is 7.61. The first-order chi connectivity index (χ1) is 9.28. The summed E-state index contributed by atoms with van der Waals surface area (Å²) in [6.45, 7) is 1.16. The Balaban J connectivity index is 2.20. The first kappa shape index (κ1) is 14.5. The van der Waals surface area contributed by atoms with Crippen LogP contribution in [0.3, 0.4) is 0 Å². The number of carbonyl (C=O) groups excluding carboxylic acids is 2. The van der Waals surface area contributed by atoms with Crippen molar-refractivity contribution >= 4 is 21.7 Å². The van der Waals surface area contributed by atoms with Gasteiger partial charge in [0.25, 0.3) is 5.91 Å². The van der Waals surface area contributed by atoms with Gasteiger partial charge >= 0.3 is 5.97 Å². The molecular weight excluding hydrogens is 282 g/mol. The van der Waals surface area contributed by atoms with Crippen molar-refractivity contribution in [1.29, 1.82) is 0 Å². The van der Waals surface area contributed by atoms with Gasteiger partial charge in [0.05, 0.1) is 10.1 Å². The molecule has 6 nitrogen and oxygen atoms in total. The zero-order chi connectivity index (χ0) is 15.0. The molecule has 0 aliphatic heterocycles. The maximum absolute atomic E-state index is 12.3. The smallest absolute Gasteiger partial charge is 0.303 e. The Labute approximate surface area is 116 Å². The summed E-state index contributed by atoms with van der Waals surface area (Å²) >= 11 is 0. The van der Waals surface area contributed by atoms with E-state index in [1.807, 2.05) is 0 Å². The van der Waals surface area contributed by atoms with Gasteiger partial charge in [-0.25, -0.2) is 8.42 Å². The van der Waals surface area contributed by atoms with E-state index in [-0.39, 0.29) is 17.7 Å². The predicted molar refractivity (Wildman–Crippen MR) is 70.3 cm³/mol. The Morgan fingerprint density at radius 3 is 2.25 bits per heavy atom. The summed E-state index contributed by atoms with van der Waals surface area (Å²) in [5.41, 5.74) is 3.73. The third-order valence-electron chi connectivity index (χ3n) is 3.41. The highest BCUT2D eigenvalue weighted by atomic mass is 32.2. The highest BCUT2D eigenvalue weighted by Gasteiger charge is 2.56. The molecule has 1 aromatic carbocycles. The van der Waals surface area contributed by atoms with Crippen LogP contribution in [0.4, 0.5) is 0 Å². The number of benzene rings is 1. The molecule has 0 heterocycles. The molecule has 0 unspecified atom stereocenters. The fourth-order valence-electron chi connectivity index (χ4n) is 2.31. The SMILES string of the molecule is CC(=O)OC1(C(N)=O)CC(S(=O)(=O)c2ccccc2)C1. The van der Waals surface area contributed by atoms with Crippen LogP contribution in [0.5, 0.6) is 0 Å². The highest BCUT2D eigenvalue weighted by Crippen LogP contribution is 2.42. The fourth-order valence-corrected chi connectivity index (χ4v) is 4.21. The number of sulfone groups is 1. The Kier molecular flexibility index (Phi) is 3.56. The summed E-state index contributed by atoms with van der Waals surface area (Å²) in [7, 11) is -3.54. The summed E-state index contributed by atoms with van der Waals surface area (Å²) in [5, 5.41) is -0.767. The van der Waals surface area contributed by atoms with Crippen molar-refractivity contribution < 1.29 is 22.7 Å². The molecule has 2 rings (SSSR count). The first-order valence-electron chi connectivity index (χ1n) is 6.06. The van der Waals surface area contributed by atoms with Crippen molar-refractivity contribution in [2.45, 2.75) is 35.5 Å². The average Bonchev–Trinajstić information content (AvgIpc) is 2.33. The number of esters is 1. The van der Waals surface area contributed by atoms with E-state index in [1.165, 1.54) is 12.1 Å². The summed E-state index contributed by atoms with van der Waals surface area (Å²) in [6.07, 6.45) is -0.196. The van der Waals surface area contributed by atoms with Gasteiger partial charge in [0.15, 0.2) is 15.4 Å². The van der Waals surface area contributed by atoms with Crippen LogP contribution in [0.25, 0.3) is 0 Å². The van der Waals surface area contributed by atoms with E-state index in [0.29, 0.717) is 0 Å². The highest BCUT2D eigenvalue weighted by molar-refractivity contribution is 7.92. The Morgan fingerprint density at radius 1 is 1.25 bits per heavy atom. The molecule has 2 N–H and O–H groups in total. The lowest BCUT2D eigenvalue weighted by molar-refractivity contribution is -0.174. The zero-order valence-electron chi connectivity index (χ0n) is 10.9. The monoisotopic (exact) mass is 297 g/mol. The van der Waals surface area contributed by atoms with Gasteiger partial charge in [-0.05, 0) is 12.1 Å². The number of amides is 1. The second-order valence-corrected chi connectivity index (χ2v) is 7.07. The molecule has 0 bridgehead atoms. The summed E-state index contributed by atoms with van der Waals surface area (Å²) in [4.78, 5) is 22.6. The number of rotatable bonds is 4. The van der Waals surface area contributed by atoms with Gasteiger partial charge < -0.3 is 10.5 Å². The van der Waals surface area contributed by atoms with E-state index in [9.17, 15) is 18.0 Å². The van der Waals surface area contributed by atoms with Crippen molar-refractivity contribution in [3.05, 3.63) is 30.3 Å². The van der Waals surface area contributed by atoms with Crippen molar-refractivity contribution in [1.82, 2.24) is 0 Å². The number of hydrogen-bond donors (Lipinski definition) is 1. The molecule has 1 amide bonds. The molecule has 1 fully saturated rings. The number of carbonyl (C=O) groups is 2. The average molecular weight is 297 g/mol. The Hall–Kier alpha value is -1.89. The quantitative estimate of drug-likeness (QED) is 0.811. The third kappa shape index (κ3) is 2.40. The molecule has 108 valence electrons. The van der Waals surface area contributed by atoms with Gasteiger partial charge in [0, 0.05) is 19.8 Å². The molecule has 1 aliphatic carbocycles. The van der Waals surface area contributed by atoms with E-state index in [1.54, 1.807) is 18.2 Å². The standard InChI is InChI=1S/C13H15NO5S/c1-9(15)19-13(12(14)16)7-11(8-13)20(17,18)10-5-3-2-4-6-10/h2-6,11H,7-8H2,1H3,(H2,14,16). The lowest BCUT2D eigenvalue weighted by atomic mass is 9.78. The van der Waals surface area contributed by atoms with Crippen LogP contribution in [0.1, 0.15) is 19.8 Å². The maximum atomic E-state index is 12.3. The van der Waals surface area contributed by atoms with Gasteiger partial charge in [-0.1, -0.05) is 18.2 Å². The van der Waals surface area contributed by atoms with E-state index < -0.39 is 32.6 Å². The predicted octanol–water partition coefficient (Wildman–Crippen LogP) is 0.410. The zero-order valence-corrected chi connectivity index (χ0v) is 11.7. The van der Waals surface area contributed by atoms with Crippen molar-refractivity contribution in [2.75, 3.05) is 0 Å². The van der Waals surface area contributed by atoms with Crippen LogP contribution in [-0.4, -0.2) is 31.1 Å². The van der Waals surface area contributed by atoms with E-state index >= 15 is 0 Å². The molecule has 1 saturated carbocycles. The van der Waals surface area contributed by atoms with Gasteiger partial charge in [-0.15, -0.1) is 0 Å². The number of ether oxygens (including phenoxy) is 1. The molecule has 7 heteroatoms. The van der Waals surface area contributed by atoms with Gasteiger partial charge in [-0.2, -0.15) is 0 Å². The van der Waals surface area contributed by atoms with Gasteiger partial charge in [0.1, 0.15) is 0 Å². The largest absolute Gasteiger partial charge is 0.449 e. The molecule has 1 aromatic rings. The molecule has 0 spiro atoms. The fraction of sp³-hybridized carbons (Fsp3) is 0.385. The molecule has 0 aromatic heterocycles. The van der Waals surface area contributed by atoms with Crippen LogP contribution in [0.2, 0.25) is 0 Å². The molecule has 0 atom stereocenters. The van der Waals surface area contributed by atoms with Crippen molar-refractivity contribution in [3.63, 3.8) is 0 Å². The summed E-state index contributed by atoms with van der Waals surface area (Å²) < 4.78 is 29.6. The summed E-state index contributed by atoms with van der Waals surface area (Å²) in [6, 6.07) is 7.95. The minimum atomic E-state index is -3.54. The molecule has 0 saturated heterocycles. The Bertz CT molecular complexity index is 632. The Morgan fingerprint density at radius 2 is 1.80 bits per heavy atom. The van der Waals surface area contributed by atoms with E-state index in [0.717, 1.165) is 6.92 Å². The van der Waals surface area contributed by atoms with Crippen LogP contribution in [0.15, 0.2) is 35.2 Å². The topological polar surface area (TPSA) is 104 Å². The second-order valence-electron chi connectivity index (χ2n) is 4.84. The minimum Gasteiger partial charge on any atom is -0.449 e. The molecule has 20 heavy (non-hydrogen) atoms. The van der Waals surface area contributed by atoms with Crippen LogP contribution < -0.4 is 5.73 Å². The van der Waals surface area contributed by atoms with Crippen molar-refractivity contribution in [3.8, 4) is 0 Å². The number of primary amides is 1. The van der Waals surface area contributed by atoms with Crippen LogP contribution in [0, 0.1) is 0 Å². The molecule has 1 aliphatic rings. The summed E-state index contributed by atoms with van der Waals surface area (Å²) in [5.74, 6) is -1.47. The third-order valence-corrected chi connectivity index (χ3v) is 5.55. The lowest BCUT2D eigenvalue weighted by Gasteiger charge is -2.43. The van der Waals surface area contributed by atoms with Crippen LogP contribution >= 0.6 is 0 Å². The van der Waals surface area contributed by atoms with E-state index in [2.05, 4.69) is 0 Å². The normalized spacial score (nSPS) is 25.6. The molecule has 0 radical (unpaired) electrons. The minimum absolute atomic E-state index is 0.0981. The number of nitrogens with two attached hydrogens (primary N) is 1. The van der Waals surface area contributed by atoms with Crippen LogP contribution in [-0.2, 0) is 24.2 Å². The number of hydrogen-bond acceptors (Lipinski definition) is 5. The lowest BCUT2D eigenvalue weighted by Crippen LogP contribution is -2.60. The van der Waals surface area contributed by atoms with Gasteiger partial charge in [0.2, 0.25) is 0 Å².